The Balaban J connectivity index is 2.20. The highest BCUT2D eigenvalue weighted by atomic mass is 15.1. The molecule has 1 aromatic heterocycles. The van der Waals surface area contributed by atoms with Gasteiger partial charge in [-0.3, -0.25) is 0 Å². The van der Waals surface area contributed by atoms with Gasteiger partial charge < -0.3 is 10.3 Å². The standard InChI is InChI=1S/C10H17N3/c1-8-6-12-7-13(8)10-4-2-3-9(10)5-11/h6-7,9-10H,2-5,11H2,1H3. The molecular weight excluding hydrogens is 162 g/mol. The lowest BCUT2D eigenvalue weighted by atomic mass is 10.0. The summed E-state index contributed by atoms with van der Waals surface area (Å²) in [6.07, 6.45) is 7.71. The Hall–Kier alpha value is -0.830. The van der Waals surface area contributed by atoms with Gasteiger partial charge in [0.05, 0.1) is 6.33 Å². The molecule has 0 saturated heterocycles. The molecule has 3 heteroatoms. The van der Waals surface area contributed by atoms with Crippen LogP contribution in [0.15, 0.2) is 12.5 Å². The van der Waals surface area contributed by atoms with E-state index in [0.29, 0.717) is 12.0 Å². The van der Waals surface area contributed by atoms with Gasteiger partial charge in [0.25, 0.3) is 0 Å². The summed E-state index contributed by atoms with van der Waals surface area (Å²) in [5.74, 6) is 0.660. The van der Waals surface area contributed by atoms with E-state index in [0.717, 1.165) is 6.54 Å². The van der Waals surface area contributed by atoms with Crippen LogP contribution in [0.1, 0.15) is 31.0 Å². The van der Waals surface area contributed by atoms with Crippen LogP contribution >= 0.6 is 0 Å². The topological polar surface area (TPSA) is 43.8 Å². The third-order valence-corrected chi connectivity index (χ3v) is 3.14. The summed E-state index contributed by atoms with van der Waals surface area (Å²) >= 11 is 0. The summed E-state index contributed by atoms with van der Waals surface area (Å²) in [5.41, 5.74) is 7.00. The van der Waals surface area contributed by atoms with Gasteiger partial charge in [0.1, 0.15) is 0 Å². The van der Waals surface area contributed by atoms with Gasteiger partial charge >= 0.3 is 0 Å². The zero-order valence-electron chi connectivity index (χ0n) is 8.11. The SMILES string of the molecule is Cc1cncn1C1CCCC1CN. The van der Waals surface area contributed by atoms with Crippen molar-refractivity contribution in [3.05, 3.63) is 18.2 Å². The molecule has 1 saturated carbocycles. The largest absolute Gasteiger partial charge is 0.332 e. The Kier molecular flexibility index (Phi) is 2.36. The minimum absolute atomic E-state index is 0.604. The monoisotopic (exact) mass is 179 g/mol. The lowest BCUT2D eigenvalue weighted by molar-refractivity contribution is 0.382. The summed E-state index contributed by atoms with van der Waals surface area (Å²) in [6.45, 7) is 2.92. The van der Waals surface area contributed by atoms with Gasteiger partial charge in [-0.1, -0.05) is 6.42 Å². The molecule has 2 unspecified atom stereocenters. The first-order chi connectivity index (χ1) is 6.33. The predicted molar refractivity (Wildman–Crippen MR) is 52.4 cm³/mol. The third-order valence-electron chi connectivity index (χ3n) is 3.14. The van der Waals surface area contributed by atoms with E-state index in [1.165, 1.54) is 25.0 Å². The molecule has 2 N–H and O–H groups in total. The van der Waals surface area contributed by atoms with Gasteiger partial charge in [-0.2, -0.15) is 0 Å². The van der Waals surface area contributed by atoms with Crippen LogP contribution in [0.2, 0.25) is 0 Å². The first-order valence-electron chi connectivity index (χ1n) is 5.01. The van der Waals surface area contributed by atoms with Crippen LogP contribution in [0.4, 0.5) is 0 Å². The van der Waals surface area contributed by atoms with Gasteiger partial charge in [-0.05, 0) is 32.2 Å². The van der Waals surface area contributed by atoms with Gasteiger partial charge in [0, 0.05) is 17.9 Å². The second-order valence-corrected chi connectivity index (χ2v) is 3.94. The van der Waals surface area contributed by atoms with E-state index in [4.69, 9.17) is 5.73 Å². The summed E-state index contributed by atoms with van der Waals surface area (Å²) in [6, 6.07) is 0.604. The molecule has 72 valence electrons. The molecular formula is C10H17N3. The Bertz CT molecular complexity index is 279. The second kappa shape index (κ2) is 3.50. The maximum atomic E-state index is 5.75. The summed E-state index contributed by atoms with van der Waals surface area (Å²) in [5, 5.41) is 0. The Morgan fingerprint density at radius 1 is 1.62 bits per heavy atom. The minimum atomic E-state index is 0.604. The van der Waals surface area contributed by atoms with E-state index < -0.39 is 0 Å². The molecule has 0 radical (unpaired) electrons. The molecule has 0 aliphatic heterocycles. The van der Waals surface area contributed by atoms with Gasteiger partial charge in [-0.25, -0.2) is 4.98 Å². The highest BCUT2D eigenvalue weighted by Crippen LogP contribution is 2.35. The van der Waals surface area contributed by atoms with Crippen LogP contribution in [-0.2, 0) is 0 Å². The van der Waals surface area contributed by atoms with Crippen molar-refractivity contribution in [1.29, 1.82) is 0 Å². The highest BCUT2D eigenvalue weighted by Gasteiger charge is 2.27. The van der Waals surface area contributed by atoms with Crippen molar-refractivity contribution in [2.45, 2.75) is 32.2 Å². The van der Waals surface area contributed by atoms with E-state index in [1.807, 2.05) is 12.5 Å². The van der Waals surface area contributed by atoms with Crippen LogP contribution < -0.4 is 5.73 Å². The van der Waals surface area contributed by atoms with Crippen LogP contribution in [-0.4, -0.2) is 16.1 Å². The number of hydrogen-bond donors (Lipinski definition) is 1. The fourth-order valence-electron chi connectivity index (χ4n) is 2.38. The molecule has 0 bridgehead atoms. The van der Waals surface area contributed by atoms with E-state index in [1.54, 1.807) is 0 Å². The molecule has 1 aliphatic carbocycles. The van der Waals surface area contributed by atoms with Crippen LogP contribution in [0.3, 0.4) is 0 Å². The number of rotatable bonds is 2. The molecule has 13 heavy (non-hydrogen) atoms. The van der Waals surface area contributed by atoms with E-state index in [-0.39, 0.29) is 0 Å². The normalized spacial score (nSPS) is 28.2. The predicted octanol–water partition coefficient (Wildman–Crippen LogP) is 1.49. The molecule has 2 rings (SSSR count). The molecule has 3 nitrogen and oxygen atoms in total. The van der Waals surface area contributed by atoms with E-state index in [2.05, 4.69) is 16.5 Å². The fourth-order valence-corrected chi connectivity index (χ4v) is 2.38. The number of imidazole rings is 1. The average Bonchev–Trinajstić information content (AvgIpc) is 2.71. The smallest absolute Gasteiger partial charge is 0.0950 e. The molecule has 1 aromatic rings. The van der Waals surface area contributed by atoms with Crippen LogP contribution in [0.25, 0.3) is 0 Å². The maximum absolute atomic E-state index is 5.75. The number of hydrogen-bond acceptors (Lipinski definition) is 2. The Morgan fingerprint density at radius 2 is 2.46 bits per heavy atom. The molecule has 1 fully saturated rings. The summed E-state index contributed by atoms with van der Waals surface area (Å²) in [4.78, 5) is 4.16. The van der Waals surface area contributed by atoms with Crippen LogP contribution in [0, 0.1) is 12.8 Å². The van der Waals surface area contributed by atoms with Crippen molar-refractivity contribution in [1.82, 2.24) is 9.55 Å². The van der Waals surface area contributed by atoms with E-state index >= 15 is 0 Å². The van der Waals surface area contributed by atoms with Crippen molar-refractivity contribution in [3.63, 3.8) is 0 Å². The Labute approximate surface area is 79.0 Å². The van der Waals surface area contributed by atoms with Gasteiger partial charge in [0.2, 0.25) is 0 Å². The molecule has 0 aromatic carbocycles. The molecule has 1 heterocycles. The lowest BCUT2D eigenvalue weighted by Crippen LogP contribution is -2.21. The highest BCUT2D eigenvalue weighted by molar-refractivity contribution is 4.99. The van der Waals surface area contributed by atoms with Crippen molar-refractivity contribution in [3.8, 4) is 0 Å². The molecule has 0 spiro atoms. The van der Waals surface area contributed by atoms with Crippen molar-refractivity contribution >= 4 is 0 Å². The lowest BCUT2D eigenvalue weighted by Gasteiger charge is -2.20. The van der Waals surface area contributed by atoms with Gasteiger partial charge in [-0.15, -0.1) is 0 Å². The first-order valence-corrected chi connectivity index (χ1v) is 5.01. The molecule has 1 aliphatic rings. The first kappa shape index (κ1) is 8.75. The average molecular weight is 179 g/mol. The number of nitrogens with zero attached hydrogens (tertiary/aromatic N) is 2. The minimum Gasteiger partial charge on any atom is -0.332 e. The maximum Gasteiger partial charge on any atom is 0.0950 e. The number of aromatic nitrogens is 2. The van der Waals surface area contributed by atoms with Crippen LogP contribution in [0.5, 0.6) is 0 Å². The fraction of sp³-hybridized carbons (Fsp3) is 0.700. The van der Waals surface area contributed by atoms with Crippen molar-refractivity contribution in [2.24, 2.45) is 11.7 Å². The van der Waals surface area contributed by atoms with Crippen molar-refractivity contribution in [2.75, 3.05) is 6.54 Å². The third kappa shape index (κ3) is 1.48. The molecule has 0 amide bonds. The number of nitrogens with two attached hydrogens (primary N) is 1. The number of aryl methyl sites for hydroxylation is 1. The molecule has 2 atom stereocenters. The summed E-state index contributed by atoms with van der Waals surface area (Å²) in [7, 11) is 0. The zero-order valence-corrected chi connectivity index (χ0v) is 8.11. The quantitative estimate of drug-likeness (QED) is 0.747. The Morgan fingerprint density at radius 3 is 3.08 bits per heavy atom. The summed E-state index contributed by atoms with van der Waals surface area (Å²) < 4.78 is 2.28. The van der Waals surface area contributed by atoms with E-state index in [9.17, 15) is 0 Å². The van der Waals surface area contributed by atoms with Crippen molar-refractivity contribution < 1.29 is 0 Å². The zero-order chi connectivity index (χ0) is 9.26. The van der Waals surface area contributed by atoms with Gasteiger partial charge in [0.15, 0.2) is 0 Å². The second-order valence-electron chi connectivity index (χ2n) is 3.94.